The standard InChI is InChI=1S/C11H13BrN2O3/c1-14(3-2-10(15)16)11(17)7-4-8(12)6-9(13)5-7/h4-6H,2-3,13H2,1H3,(H,15,16). The molecule has 0 aliphatic heterocycles. The summed E-state index contributed by atoms with van der Waals surface area (Å²) in [4.78, 5) is 23.7. The van der Waals surface area contributed by atoms with Crippen LogP contribution in [0.1, 0.15) is 16.8 Å². The first kappa shape index (κ1) is 13.5. The molecule has 1 rings (SSSR count). The molecule has 0 aromatic heterocycles. The second-order valence-corrected chi connectivity index (χ2v) is 4.56. The number of carboxylic acids is 1. The van der Waals surface area contributed by atoms with E-state index in [0.717, 1.165) is 0 Å². The number of hydrogen-bond donors (Lipinski definition) is 2. The number of aliphatic carboxylic acids is 1. The lowest BCUT2D eigenvalue weighted by Crippen LogP contribution is -2.29. The fourth-order valence-corrected chi connectivity index (χ4v) is 1.83. The quantitative estimate of drug-likeness (QED) is 0.827. The van der Waals surface area contributed by atoms with Gasteiger partial charge in [-0.2, -0.15) is 0 Å². The first-order valence-corrected chi connectivity index (χ1v) is 5.73. The van der Waals surface area contributed by atoms with Crippen molar-refractivity contribution in [1.29, 1.82) is 0 Å². The monoisotopic (exact) mass is 300 g/mol. The molecule has 0 saturated carbocycles. The van der Waals surface area contributed by atoms with Crippen LogP contribution in [0.5, 0.6) is 0 Å². The SMILES string of the molecule is CN(CCC(=O)O)C(=O)c1cc(N)cc(Br)c1. The van der Waals surface area contributed by atoms with Gasteiger partial charge in [-0.05, 0) is 18.2 Å². The van der Waals surface area contributed by atoms with Crippen LogP contribution in [0.2, 0.25) is 0 Å². The van der Waals surface area contributed by atoms with Crippen molar-refractivity contribution >= 4 is 33.5 Å². The van der Waals surface area contributed by atoms with E-state index in [4.69, 9.17) is 10.8 Å². The van der Waals surface area contributed by atoms with E-state index in [9.17, 15) is 9.59 Å². The van der Waals surface area contributed by atoms with Crippen molar-refractivity contribution in [3.63, 3.8) is 0 Å². The van der Waals surface area contributed by atoms with Crippen LogP contribution in [0, 0.1) is 0 Å². The molecule has 5 nitrogen and oxygen atoms in total. The van der Waals surface area contributed by atoms with Gasteiger partial charge in [0.2, 0.25) is 0 Å². The topological polar surface area (TPSA) is 83.6 Å². The fraction of sp³-hybridized carbons (Fsp3) is 0.273. The molecule has 0 aliphatic rings. The van der Waals surface area contributed by atoms with E-state index >= 15 is 0 Å². The highest BCUT2D eigenvalue weighted by Crippen LogP contribution is 2.18. The molecule has 17 heavy (non-hydrogen) atoms. The molecular formula is C11H13BrN2O3. The van der Waals surface area contributed by atoms with Crippen molar-refractivity contribution in [3.8, 4) is 0 Å². The highest BCUT2D eigenvalue weighted by Gasteiger charge is 2.13. The summed E-state index contributed by atoms with van der Waals surface area (Å²) >= 11 is 3.25. The highest BCUT2D eigenvalue weighted by atomic mass is 79.9. The predicted octanol–water partition coefficient (Wildman–Crippen LogP) is 1.58. The van der Waals surface area contributed by atoms with E-state index < -0.39 is 5.97 Å². The van der Waals surface area contributed by atoms with Gasteiger partial charge in [0.1, 0.15) is 0 Å². The van der Waals surface area contributed by atoms with Crippen LogP contribution in [0.4, 0.5) is 5.69 Å². The van der Waals surface area contributed by atoms with E-state index in [1.807, 2.05) is 0 Å². The number of nitrogens with zero attached hydrogens (tertiary/aromatic N) is 1. The maximum absolute atomic E-state index is 11.9. The number of carboxylic acid groups (broad SMARTS) is 1. The third-order valence-electron chi connectivity index (χ3n) is 2.17. The molecule has 1 aromatic carbocycles. The maximum atomic E-state index is 11.9. The summed E-state index contributed by atoms with van der Waals surface area (Å²) in [7, 11) is 1.56. The van der Waals surface area contributed by atoms with Crippen molar-refractivity contribution in [2.45, 2.75) is 6.42 Å². The number of rotatable bonds is 4. The molecule has 0 saturated heterocycles. The van der Waals surface area contributed by atoms with E-state index in [1.54, 1.807) is 25.2 Å². The molecule has 92 valence electrons. The molecule has 0 aliphatic carbocycles. The number of benzene rings is 1. The zero-order valence-corrected chi connectivity index (χ0v) is 10.9. The minimum absolute atomic E-state index is 0.0777. The lowest BCUT2D eigenvalue weighted by molar-refractivity contribution is -0.137. The van der Waals surface area contributed by atoms with Gasteiger partial charge in [-0.1, -0.05) is 15.9 Å². The van der Waals surface area contributed by atoms with Crippen LogP contribution < -0.4 is 5.73 Å². The van der Waals surface area contributed by atoms with Gasteiger partial charge in [0, 0.05) is 29.3 Å². The lowest BCUT2D eigenvalue weighted by atomic mass is 10.2. The summed E-state index contributed by atoms with van der Waals surface area (Å²) in [5, 5.41) is 8.54. The zero-order valence-electron chi connectivity index (χ0n) is 9.31. The molecule has 0 spiro atoms. The Morgan fingerprint density at radius 2 is 2.06 bits per heavy atom. The Morgan fingerprint density at radius 3 is 2.59 bits per heavy atom. The molecule has 0 radical (unpaired) electrons. The Kier molecular flexibility index (Phi) is 4.51. The van der Waals surface area contributed by atoms with Crippen LogP contribution in [-0.2, 0) is 4.79 Å². The Balaban J connectivity index is 2.77. The Hall–Kier alpha value is -1.56. The van der Waals surface area contributed by atoms with Gasteiger partial charge < -0.3 is 15.7 Å². The average molecular weight is 301 g/mol. The summed E-state index contributed by atoms with van der Waals surface area (Å²) in [6.07, 6.45) is -0.0777. The summed E-state index contributed by atoms with van der Waals surface area (Å²) in [6, 6.07) is 4.90. The van der Waals surface area contributed by atoms with E-state index in [-0.39, 0.29) is 18.9 Å². The normalized spacial score (nSPS) is 10.0. The third-order valence-corrected chi connectivity index (χ3v) is 2.63. The van der Waals surface area contributed by atoms with E-state index in [0.29, 0.717) is 15.7 Å². The van der Waals surface area contributed by atoms with Crippen LogP contribution in [0.3, 0.4) is 0 Å². The van der Waals surface area contributed by atoms with Gasteiger partial charge >= 0.3 is 5.97 Å². The molecule has 0 atom stereocenters. The number of nitrogens with two attached hydrogens (primary N) is 1. The van der Waals surface area contributed by atoms with Crippen LogP contribution in [0.15, 0.2) is 22.7 Å². The Morgan fingerprint density at radius 1 is 1.41 bits per heavy atom. The predicted molar refractivity (Wildman–Crippen MR) is 67.8 cm³/mol. The molecule has 1 amide bonds. The first-order chi connectivity index (χ1) is 7.90. The summed E-state index contributed by atoms with van der Waals surface area (Å²) in [6.45, 7) is 0.167. The second-order valence-electron chi connectivity index (χ2n) is 3.64. The molecule has 3 N–H and O–H groups in total. The number of halogens is 1. The number of amides is 1. The summed E-state index contributed by atoms with van der Waals surface area (Å²) in [5.41, 5.74) is 6.54. The number of carbonyl (C=O) groups excluding carboxylic acids is 1. The van der Waals surface area contributed by atoms with Gasteiger partial charge in [-0.3, -0.25) is 9.59 Å². The highest BCUT2D eigenvalue weighted by molar-refractivity contribution is 9.10. The van der Waals surface area contributed by atoms with Gasteiger partial charge in [0.25, 0.3) is 5.91 Å². The van der Waals surface area contributed by atoms with Gasteiger partial charge in [-0.15, -0.1) is 0 Å². The minimum Gasteiger partial charge on any atom is -0.481 e. The van der Waals surface area contributed by atoms with Gasteiger partial charge in [0.15, 0.2) is 0 Å². The number of nitrogen functional groups attached to an aromatic ring is 1. The van der Waals surface area contributed by atoms with Crippen molar-refractivity contribution in [2.24, 2.45) is 0 Å². The van der Waals surface area contributed by atoms with E-state index in [1.165, 1.54) is 4.90 Å². The number of anilines is 1. The van der Waals surface area contributed by atoms with Crippen LogP contribution in [-0.4, -0.2) is 35.5 Å². The van der Waals surface area contributed by atoms with Gasteiger partial charge in [0.05, 0.1) is 6.42 Å². The molecule has 0 bridgehead atoms. The Bertz CT molecular complexity index is 428. The molecule has 0 heterocycles. The number of carbonyl (C=O) groups is 2. The van der Waals surface area contributed by atoms with Crippen LogP contribution >= 0.6 is 15.9 Å². The molecule has 6 heteroatoms. The molecule has 0 unspecified atom stereocenters. The van der Waals surface area contributed by atoms with Crippen LogP contribution in [0.25, 0.3) is 0 Å². The zero-order chi connectivity index (χ0) is 13.0. The van der Waals surface area contributed by atoms with E-state index in [2.05, 4.69) is 15.9 Å². The Labute approximate surface area is 107 Å². The lowest BCUT2D eigenvalue weighted by Gasteiger charge is -2.16. The summed E-state index contributed by atoms with van der Waals surface area (Å²) < 4.78 is 0.715. The van der Waals surface area contributed by atoms with Crippen molar-refractivity contribution in [1.82, 2.24) is 4.90 Å². The smallest absolute Gasteiger partial charge is 0.305 e. The third kappa shape index (κ3) is 4.07. The van der Waals surface area contributed by atoms with Crippen molar-refractivity contribution < 1.29 is 14.7 Å². The summed E-state index contributed by atoms with van der Waals surface area (Å²) in [5.74, 6) is -1.18. The molecular weight excluding hydrogens is 288 g/mol. The molecule has 0 fully saturated rings. The number of hydrogen-bond acceptors (Lipinski definition) is 3. The van der Waals surface area contributed by atoms with Gasteiger partial charge in [-0.25, -0.2) is 0 Å². The average Bonchev–Trinajstić information content (AvgIpc) is 2.23. The second kappa shape index (κ2) is 5.67. The minimum atomic E-state index is -0.932. The van der Waals surface area contributed by atoms with Crippen molar-refractivity contribution in [3.05, 3.63) is 28.2 Å². The first-order valence-electron chi connectivity index (χ1n) is 4.93. The maximum Gasteiger partial charge on any atom is 0.305 e. The largest absolute Gasteiger partial charge is 0.481 e. The fourth-order valence-electron chi connectivity index (χ4n) is 1.32. The molecule has 1 aromatic rings. The van der Waals surface area contributed by atoms with Crippen molar-refractivity contribution in [2.75, 3.05) is 19.3 Å².